The molecule has 0 bridgehead atoms. The van der Waals surface area contributed by atoms with Crippen LogP contribution in [0.2, 0.25) is 0 Å². The van der Waals surface area contributed by atoms with Crippen LogP contribution >= 0.6 is 11.3 Å². The molecule has 39 heavy (non-hydrogen) atoms. The van der Waals surface area contributed by atoms with Crippen molar-refractivity contribution in [3.05, 3.63) is 132 Å². The second-order valence-corrected chi connectivity index (χ2v) is 10.5. The molecule has 1 aliphatic heterocycles. The van der Waals surface area contributed by atoms with E-state index in [4.69, 9.17) is 4.74 Å². The summed E-state index contributed by atoms with van der Waals surface area (Å²) in [6.07, 6.45) is 0. The Morgan fingerprint density at radius 2 is 1.38 bits per heavy atom. The molecule has 0 saturated carbocycles. The number of hydrogen-bond acceptors (Lipinski definition) is 4. The van der Waals surface area contributed by atoms with E-state index in [2.05, 4.69) is 102 Å². The van der Waals surface area contributed by atoms with Crippen LogP contribution in [0.5, 0.6) is 5.75 Å². The number of thiophene rings is 1. The Labute approximate surface area is 231 Å². The van der Waals surface area contributed by atoms with E-state index in [1.54, 1.807) is 7.05 Å². The molecule has 186 valence electrons. The van der Waals surface area contributed by atoms with Gasteiger partial charge >= 0.3 is 0 Å². The molecule has 0 unspecified atom stereocenters. The average molecular weight is 521 g/mol. The van der Waals surface area contributed by atoms with Crippen LogP contribution in [0.3, 0.4) is 0 Å². The van der Waals surface area contributed by atoms with E-state index in [1.807, 2.05) is 41.7 Å². The summed E-state index contributed by atoms with van der Waals surface area (Å²) in [5.74, 6) is 1.42. The molecule has 0 radical (unpaired) electrons. The minimum absolute atomic E-state index is 0.635. The number of hydrogen-bond donors (Lipinski definition) is 0. The molecule has 2 heterocycles. The Morgan fingerprint density at radius 1 is 0.692 bits per heavy atom. The number of nitrogens with zero attached hydrogens (tertiary/aromatic N) is 2. The first-order valence-corrected chi connectivity index (χ1v) is 13.6. The Hall–Kier alpha value is -4.80. The molecule has 7 rings (SSSR count). The maximum absolute atomic E-state index is 6.22. The van der Waals surface area contributed by atoms with E-state index in [1.165, 1.54) is 31.3 Å². The van der Waals surface area contributed by atoms with Crippen LogP contribution in [0.25, 0.3) is 48.1 Å². The fourth-order valence-corrected chi connectivity index (χ4v) is 6.63. The zero-order chi connectivity index (χ0) is 26.3. The highest BCUT2D eigenvalue weighted by molar-refractivity contribution is 7.26. The highest BCUT2D eigenvalue weighted by atomic mass is 32.1. The zero-order valence-electron chi connectivity index (χ0n) is 21.4. The molecular formula is C35H24N2OS. The van der Waals surface area contributed by atoms with Crippen LogP contribution in [0.1, 0.15) is 11.1 Å². The third-order valence-electron chi connectivity index (χ3n) is 7.21. The maximum Gasteiger partial charge on any atom is 0.179 e. The largest absolute Gasteiger partial charge is 0.452 e. The van der Waals surface area contributed by atoms with E-state index in [-0.39, 0.29) is 0 Å². The number of allylic oxidation sites excluding steroid dienone is 1. The van der Waals surface area contributed by atoms with E-state index >= 15 is 0 Å². The molecule has 0 amide bonds. The second kappa shape index (κ2) is 9.50. The van der Waals surface area contributed by atoms with Crippen molar-refractivity contribution in [1.82, 2.24) is 0 Å². The SMILES string of the molecule is C=N/C(=C1/Oc2ccccc2C1=NC)c1cccc(-c2cccc(-c3cccc4c3sc3ccccc34)c2)c1. The Morgan fingerprint density at radius 3 is 2.26 bits per heavy atom. The monoisotopic (exact) mass is 520 g/mol. The third-order valence-corrected chi connectivity index (χ3v) is 8.43. The van der Waals surface area contributed by atoms with Gasteiger partial charge in [-0.05, 0) is 59.3 Å². The molecular weight excluding hydrogens is 496 g/mol. The minimum Gasteiger partial charge on any atom is -0.452 e. The summed E-state index contributed by atoms with van der Waals surface area (Å²) < 4.78 is 8.85. The first kappa shape index (κ1) is 23.3. The van der Waals surface area contributed by atoms with E-state index in [9.17, 15) is 0 Å². The van der Waals surface area contributed by atoms with Crippen molar-refractivity contribution in [1.29, 1.82) is 0 Å². The molecule has 6 aromatic rings. The maximum atomic E-state index is 6.22. The van der Waals surface area contributed by atoms with Crippen LogP contribution in [0.4, 0.5) is 0 Å². The summed E-state index contributed by atoms with van der Waals surface area (Å²) in [5.41, 5.74) is 8.07. The lowest BCUT2D eigenvalue weighted by molar-refractivity contribution is 0.470. The van der Waals surface area contributed by atoms with Crippen molar-refractivity contribution in [3.63, 3.8) is 0 Å². The Bertz CT molecular complexity index is 1980. The fraction of sp³-hybridized carbons (Fsp3) is 0.0286. The summed E-state index contributed by atoms with van der Waals surface area (Å²) in [6, 6.07) is 40.3. The van der Waals surface area contributed by atoms with Crippen molar-refractivity contribution in [2.45, 2.75) is 0 Å². The van der Waals surface area contributed by atoms with Gasteiger partial charge < -0.3 is 4.74 Å². The van der Waals surface area contributed by atoms with Gasteiger partial charge in [-0.1, -0.05) is 84.9 Å². The van der Waals surface area contributed by atoms with Crippen molar-refractivity contribution in [2.75, 3.05) is 7.05 Å². The fourth-order valence-electron chi connectivity index (χ4n) is 5.40. The minimum atomic E-state index is 0.635. The molecule has 1 aliphatic rings. The first-order valence-electron chi connectivity index (χ1n) is 12.8. The van der Waals surface area contributed by atoms with Gasteiger partial charge in [-0.15, -0.1) is 11.3 Å². The molecule has 5 aromatic carbocycles. The molecule has 1 aromatic heterocycles. The summed E-state index contributed by atoms with van der Waals surface area (Å²) in [6.45, 7) is 3.87. The van der Waals surface area contributed by atoms with Gasteiger partial charge in [0.1, 0.15) is 17.2 Å². The van der Waals surface area contributed by atoms with E-state index in [0.717, 1.165) is 33.7 Å². The average Bonchev–Trinajstić information content (AvgIpc) is 3.56. The Balaban J connectivity index is 1.32. The predicted molar refractivity (Wildman–Crippen MR) is 166 cm³/mol. The number of benzene rings is 5. The summed E-state index contributed by atoms with van der Waals surface area (Å²) >= 11 is 1.85. The third kappa shape index (κ3) is 3.89. The quantitative estimate of drug-likeness (QED) is 0.213. The van der Waals surface area contributed by atoms with E-state index < -0.39 is 0 Å². The van der Waals surface area contributed by atoms with E-state index in [0.29, 0.717) is 11.5 Å². The molecule has 4 heteroatoms. The highest BCUT2D eigenvalue weighted by Crippen LogP contribution is 2.41. The van der Waals surface area contributed by atoms with Crippen molar-refractivity contribution < 1.29 is 4.74 Å². The van der Waals surface area contributed by atoms with Gasteiger partial charge in [-0.2, -0.15) is 0 Å². The van der Waals surface area contributed by atoms with Crippen molar-refractivity contribution in [2.24, 2.45) is 9.98 Å². The highest BCUT2D eigenvalue weighted by Gasteiger charge is 2.28. The topological polar surface area (TPSA) is 34.0 Å². The van der Waals surface area contributed by atoms with Gasteiger partial charge in [0.2, 0.25) is 0 Å². The first-order chi connectivity index (χ1) is 19.2. The van der Waals surface area contributed by atoms with Gasteiger partial charge in [-0.25, -0.2) is 0 Å². The van der Waals surface area contributed by atoms with Gasteiger partial charge in [0.05, 0.1) is 0 Å². The van der Waals surface area contributed by atoms with Gasteiger partial charge in [0.15, 0.2) is 5.76 Å². The van der Waals surface area contributed by atoms with Crippen LogP contribution in [-0.4, -0.2) is 19.5 Å². The summed E-state index contributed by atoms with van der Waals surface area (Å²) in [5, 5.41) is 2.62. The van der Waals surface area contributed by atoms with Crippen LogP contribution < -0.4 is 4.74 Å². The summed E-state index contributed by atoms with van der Waals surface area (Å²) in [4.78, 5) is 8.92. The lowest BCUT2D eigenvalue weighted by atomic mass is 9.96. The second-order valence-electron chi connectivity index (χ2n) is 9.45. The number of para-hydroxylation sites is 1. The van der Waals surface area contributed by atoms with Crippen LogP contribution in [-0.2, 0) is 0 Å². The number of ether oxygens (including phenoxy) is 1. The number of aliphatic imine (C=N–C) groups is 2. The standard InChI is InChI=1S/C35H24N2OS/c1-36-32(34-33(37-2)29-15-3-5-18-30(29)38-34)25-13-8-11-23(21-25)22-10-7-12-24(20-22)26-16-9-17-28-27-14-4-6-19-31(27)39-35(26)28/h3-21H,1H2,2H3/b34-32+,37-33?. The normalized spacial score (nSPS) is 14.9. The van der Waals surface area contributed by atoms with Crippen molar-refractivity contribution in [3.8, 4) is 28.0 Å². The predicted octanol–water partition coefficient (Wildman–Crippen LogP) is 9.27. The molecule has 3 nitrogen and oxygen atoms in total. The molecule has 0 spiro atoms. The van der Waals surface area contributed by atoms with Crippen LogP contribution in [0.15, 0.2) is 131 Å². The van der Waals surface area contributed by atoms with Gasteiger partial charge in [-0.3, -0.25) is 9.98 Å². The Kier molecular flexibility index (Phi) is 5.68. The zero-order valence-corrected chi connectivity index (χ0v) is 22.2. The number of rotatable bonds is 4. The van der Waals surface area contributed by atoms with Gasteiger partial charge in [0, 0.05) is 38.3 Å². The summed E-state index contributed by atoms with van der Waals surface area (Å²) in [7, 11) is 1.78. The molecule has 0 aliphatic carbocycles. The number of fused-ring (bicyclic) bond motifs is 4. The van der Waals surface area contributed by atoms with Crippen molar-refractivity contribution >= 4 is 49.6 Å². The molecule has 0 saturated heterocycles. The molecule has 0 atom stereocenters. The lowest BCUT2D eigenvalue weighted by Crippen LogP contribution is -2.04. The van der Waals surface area contributed by atoms with Gasteiger partial charge in [0.25, 0.3) is 0 Å². The molecule has 0 N–H and O–H groups in total. The van der Waals surface area contributed by atoms with Crippen LogP contribution in [0, 0.1) is 0 Å². The smallest absolute Gasteiger partial charge is 0.179 e. The lowest BCUT2D eigenvalue weighted by Gasteiger charge is -2.11. The molecule has 0 fully saturated rings.